The molecule has 1 rings (SSSR count). The fourth-order valence-corrected chi connectivity index (χ4v) is 1.57. The van der Waals surface area contributed by atoms with Gasteiger partial charge < -0.3 is 10.2 Å². The first-order valence-electron chi connectivity index (χ1n) is 5.29. The summed E-state index contributed by atoms with van der Waals surface area (Å²) in [5, 5.41) is 3.13. The molecule has 4 nitrogen and oxygen atoms in total. The molecule has 0 bridgehead atoms. The van der Waals surface area contributed by atoms with Crippen LogP contribution in [0.25, 0.3) is 0 Å². The molecule has 18 heavy (non-hydrogen) atoms. The summed E-state index contributed by atoms with van der Waals surface area (Å²) >= 11 is 9.04. The van der Waals surface area contributed by atoms with E-state index in [-0.39, 0.29) is 16.6 Å². The van der Waals surface area contributed by atoms with E-state index in [1.54, 1.807) is 39.2 Å². The van der Waals surface area contributed by atoms with Gasteiger partial charge in [0.15, 0.2) is 0 Å². The van der Waals surface area contributed by atoms with Crippen LogP contribution in [0.2, 0.25) is 5.02 Å². The van der Waals surface area contributed by atoms with Gasteiger partial charge in [-0.2, -0.15) is 0 Å². The van der Waals surface area contributed by atoms with Crippen molar-refractivity contribution in [2.75, 3.05) is 19.4 Å². The molecule has 1 aromatic rings. The van der Waals surface area contributed by atoms with E-state index in [9.17, 15) is 9.59 Å². The van der Waals surface area contributed by atoms with Crippen LogP contribution in [0.3, 0.4) is 0 Å². The Morgan fingerprint density at radius 1 is 1.39 bits per heavy atom. The van der Waals surface area contributed by atoms with Crippen LogP contribution in [0, 0.1) is 0 Å². The van der Waals surface area contributed by atoms with Crippen LogP contribution in [-0.4, -0.2) is 35.6 Å². The number of carbonyl (C=O) groups excluding carboxylic acids is 2. The van der Waals surface area contributed by atoms with E-state index < -0.39 is 0 Å². The summed E-state index contributed by atoms with van der Waals surface area (Å²) in [5.74, 6) is -0.422. The predicted octanol–water partition coefficient (Wildman–Crippen LogP) is 2.76. The maximum absolute atomic E-state index is 11.9. The van der Waals surface area contributed by atoms with Crippen molar-refractivity contribution < 1.29 is 9.59 Å². The van der Waals surface area contributed by atoms with Gasteiger partial charge in [-0.3, -0.25) is 9.59 Å². The molecule has 0 heterocycles. The quantitative estimate of drug-likeness (QED) is 0.865. The predicted molar refractivity (Wildman–Crippen MR) is 76.5 cm³/mol. The van der Waals surface area contributed by atoms with Crippen LogP contribution in [0.1, 0.15) is 17.3 Å². The lowest BCUT2D eigenvalue weighted by molar-refractivity contribution is -0.115. The molecule has 0 radical (unpaired) electrons. The summed E-state index contributed by atoms with van der Waals surface area (Å²) in [4.78, 5) is 24.7. The molecule has 0 spiro atoms. The molecule has 0 aliphatic rings. The number of halogens is 2. The number of amides is 2. The maximum atomic E-state index is 11.9. The number of hydrogen-bond acceptors (Lipinski definition) is 2. The lowest BCUT2D eigenvalue weighted by Crippen LogP contribution is -2.26. The Morgan fingerprint density at radius 3 is 2.50 bits per heavy atom. The molecule has 0 aliphatic heterocycles. The fraction of sp³-hybridized carbons (Fsp3) is 0.333. The Kier molecular flexibility index (Phi) is 5.16. The molecule has 1 unspecified atom stereocenters. The van der Waals surface area contributed by atoms with E-state index in [0.29, 0.717) is 16.3 Å². The molecule has 1 N–H and O–H groups in total. The Balaban J connectivity index is 3.12. The monoisotopic (exact) mass is 332 g/mol. The molecule has 0 aromatic heterocycles. The van der Waals surface area contributed by atoms with Crippen molar-refractivity contribution in [1.29, 1.82) is 0 Å². The average Bonchev–Trinajstić information content (AvgIpc) is 2.28. The molecule has 98 valence electrons. The molecular weight excluding hydrogens is 320 g/mol. The molecule has 2 amide bonds. The van der Waals surface area contributed by atoms with Crippen molar-refractivity contribution in [1.82, 2.24) is 4.90 Å². The molecule has 6 heteroatoms. The third kappa shape index (κ3) is 3.71. The van der Waals surface area contributed by atoms with Crippen LogP contribution >= 0.6 is 27.5 Å². The molecule has 0 saturated heterocycles. The minimum absolute atomic E-state index is 0.191. The van der Waals surface area contributed by atoms with E-state index in [4.69, 9.17) is 11.6 Å². The second-order valence-corrected chi connectivity index (χ2v) is 5.80. The summed E-state index contributed by atoms with van der Waals surface area (Å²) in [5.41, 5.74) is 0.823. The first-order chi connectivity index (χ1) is 8.32. The van der Waals surface area contributed by atoms with Gasteiger partial charge in [0, 0.05) is 19.1 Å². The molecular formula is C12H14BrClN2O2. The van der Waals surface area contributed by atoms with E-state index in [2.05, 4.69) is 21.2 Å². The SMILES string of the molecule is CC(Br)C(=O)Nc1cc(Cl)ccc1C(=O)N(C)C. The van der Waals surface area contributed by atoms with Crippen LogP contribution in [-0.2, 0) is 4.79 Å². The van der Waals surface area contributed by atoms with Crippen molar-refractivity contribution in [2.24, 2.45) is 0 Å². The smallest absolute Gasteiger partial charge is 0.255 e. The summed E-state index contributed by atoms with van der Waals surface area (Å²) < 4.78 is 0. The summed E-state index contributed by atoms with van der Waals surface area (Å²) in [7, 11) is 3.30. The second kappa shape index (κ2) is 6.20. The summed E-state index contributed by atoms with van der Waals surface area (Å²) in [6.45, 7) is 1.70. The number of rotatable bonds is 3. The van der Waals surface area contributed by atoms with Crippen LogP contribution in [0.4, 0.5) is 5.69 Å². The Hall–Kier alpha value is -1.07. The Bertz CT molecular complexity index is 475. The standard InChI is InChI=1S/C12H14BrClN2O2/c1-7(13)11(17)15-10-6-8(14)4-5-9(10)12(18)16(2)3/h4-7H,1-3H3,(H,15,17). The first kappa shape index (κ1) is 15.0. The van der Waals surface area contributed by atoms with Gasteiger partial charge in [-0.25, -0.2) is 0 Å². The minimum atomic E-state index is -0.348. The summed E-state index contributed by atoms with van der Waals surface area (Å²) in [6.07, 6.45) is 0. The van der Waals surface area contributed by atoms with E-state index >= 15 is 0 Å². The molecule has 1 atom stereocenters. The minimum Gasteiger partial charge on any atom is -0.345 e. The highest BCUT2D eigenvalue weighted by molar-refractivity contribution is 9.10. The van der Waals surface area contributed by atoms with Gasteiger partial charge in [0.2, 0.25) is 5.91 Å². The summed E-state index contributed by atoms with van der Waals surface area (Å²) in [6, 6.07) is 4.77. The average molecular weight is 334 g/mol. The van der Waals surface area contributed by atoms with Crippen molar-refractivity contribution >= 4 is 45.0 Å². The number of carbonyl (C=O) groups is 2. The molecule has 0 fully saturated rings. The number of benzene rings is 1. The molecule has 0 saturated carbocycles. The zero-order valence-corrected chi connectivity index (χ0v) is 12.7. The Morgan fingerprint density at radius 2 is 2.00 bits per heavy atom. The maximum Gasteiger partial charge on any atom is 0.255 e. The van der Waals surface area contributed by atoms with Gasteiger partial charge >= 0.3 is 0 Å². The highest BCUT2D eigenvalue weighted by Crippen LogP contribution is 2.22. The van der Waals surface area contributed by atoms with Gasteiger partial charge in [0.05, 0.1) is 16.1 Å². The van der Waals surface area contributed by atoms with Gasteiger partial charge in [0.1, 0.15) is 0 Å². The van der Waals surface area contributed by atoms with E-state index in [0.717, 1.165) is 0 Å². The highest BCUT2D eigenvalue weighted by Gasteiger charge is 2.17. The second-order valence-electron chi connectivity index (χ2n) is 3.99. The van der Waals surface area contributed by atoms with Gasteiger partial charge in [-0.1, -0.05) is 27.5 Å². The zero-order valence-electron chi connectivity index (χ0n) is 10.3. The van der Waals surface area contributed by atoms with Crippen molar-refractivity contribution in [3.63, 3.8) is 0 Å². The topological polar surface area (TPSA) is 49.4 Å². The third-order valence-electron chi connectivity index (χ3n) is 2.24. The van der Waals surface area contributed by atoms with E-state index in [1.165, 1.54) is 4.90 Å². The number of nitrogens with one attached hydrogen (secondary N) is 1. The number of anilines is 1. The van der Waals surface area contributed by atoms with Crippen molar-refractivity contribution in [3.05, 3.63) is 28.8 Å². The first-order valence-corrected chi connectivity index (χ1v) is 6.58. The molecule has 0 aliphatic carbocycles. The van der Waals surface area contributed by atoms with Crippen LogP contribution in [0.5, 0.6) is 0 Å². The van der Waals surface area contributed by atoms with Crippen LogP contribution in [0.15, 0.2) is 18.2 Å². The third-order valence-corrected chi connectivity index (χ3v) is 2.89. The van der Waals surface area contributed by atoms with Crippen LogP contribution < -0.4 is 5.32 Å². The number of nitrogens with zero attached hydrogens (tertiary/aromatic N) is 1. The normalized spacial score (nSPS) is 11.8. The lowest BCUT2D eigenvalue weighted by Gasteiger charge is -2.15. The zero-order chi connectivity index (χ0) is 13.9. The Labute approximate surface area is 119 Å². The van der Waals surface area contributed by atoms with Gasteiger partial charge in [0.25, 0.3) is 5.91 Å². The van der Waals surface area contributed by atoms with Gasteiger partial charge in [-0.15, -0.1) is 0 Å². The fourth-order valence-electron chi connectivity index (χ4n) is 1.28. The lowest BCUT2D eigenvalue weighted by atomic mass is 10.1. The van der Waals surface area contributed by atoms with Gasteiger partial charge in [-0.05, 0) is 25.1 Å². The van der Waals surface area contributed by atoms with Crippen molar-refractivity contribution in [2.45, 2.75) is 11.8 Å². The number of hydrogen-bond donors (Lipinski definition) is 1. The van der Waals surface area contributed by atoms with Crippen molar-refractivity contribution in [3.8, 4) is 0 Å². The van der Waals surface area contributed by atoms with E-state index in [1.807, 2.05) is 0 Å². The molecule has 1 aromatic carbocycles. The largest absolute Gasteiger partial charge is 0.345 e. The number of alkyl halides is 1. The highest BCUT2D eigenvalue weighted by atomic mass is 79.9.